The minimum absolute atomic E-state index is 0.0177. The van der Waals surface area contributed by atoms with Crippen LogP contribution in [-0.2, 0) is 0 Å². The molecule has 1 aromatic heterocycles. The Labute approximate surface area is 126 Å². The van der Waals surface area contributed by atoms with Crippen molar-refractivity contribution in [2.75, 3.05) is 24.6 Å². The van der Waals surface area contributed by atoms with Gasteiger partial charge in [0.05, 0.1) is 18.3 Å². The highest BCUT2D eigenvalue weighted by Gasteiger charge is 2.26. The Morgan fingerprint density at radius 3 is 2.85 bits per heavy atom. The number of hydrogen-bond acceptors (Lipinski definition) is 4. The standard InChI is InChI=1S/C15H17BrN2O2/c16-15-7-6-14(20-15)12(10-17)18-8-3-9-19-13-5-2-1-4-11(13)18/h1-2,4-7,12H,3,8-10,17H2. The molecule has 0 radical (unpaired) electrons. The first kappa shape index (κ1) is 13.5. The maximum atomic E-state index is 6.00. The normalized spacial score (nSPS) is 16.2. The van der Waals surface area contributed by atoms with Gasteiger partial charge < -0.3 is 19.8 Å². The summed E-state index contributed by atoms with van der Waals surface area (Å²) in [6.45, 7) is 2.12. The lowest BCUT2D eigenvalue weighted by Crippen LogP contribution is -2.34. The van der Waals surface area contributed by atoms with E-state index in [1.165, 1.54) is 0 Å². The molecule has 1 aliphatic rings. The molecule has 4 nitrogen and oxygen atoms in total. The van der Waals surface area contributed by atoms with Crippen LogP contribution in [-0.4, -0.2) is 19.7 Å². The Bertz CT molecular complexity index is 585. The number of nitrogens with two attached hydrogens (primary N) is 1. The predicted octanol–water partition coefficient (Wildman–Crippen LogP) is 3.33. The van der Waals surface area contributed by atoms with E-state index in [-0.39, 0.29) is 6.04 Å². The summed E-state index contributed by atoms with van der Waals surface area (Å²) in [4.78, 5) is 2.27. The van der Waals surface area contributed by atoms with Gasteiger partial charge in [-0.1, -0.05) is 12.1 Å². The Kier molecular flexibility index (Phi) is 3.98. The summed E-state index contributed by atoms with van der Waals surface area (Å²) in [5.74, 6) is 1.78. The molecule has 0 bridgehead atoms. The molecule has 2 heterocycles. The van der Waals surface area contributed by atoms with Crippen molar-refractivity contribution in [2.45, 2.75) is 12.5 Å². The number of benzene rings is 1. The predicted molar refractivity (Wildman–Crippen MR) is 82.1 cm³/mol. The van der Waals surface area contributed by atoms with Gasteiger partial charge in [-0.2, -0.15) is 0 Å². The number of para-hydroxylation sites is 2. The minimum atomic E-state index is 0.0177. The molecule has 5 heteroatoms. The number of rotatable bonds is 3. The molecule has 106 valence electrons. The summed E-state index contributed by atoms with van der Waals surface area (Å²) < 4.78 is 12.2. The van der Waals surface area contributed by atoms with E-state index in [2.05, 4.69) is 26.9 Å². The summed E-state index contributed by atoms with van der Waals surface area (Å²) in [6.07, 6.45) is 0.965. The van der Waals surface area contributed by atoms with Crippen molar-refractivity contribution in [3.05, 3.63) is 46.8 Å². The van der Waals surface area contributed by atoms with E-state index in [0.29, 0.717) is 6.54 Å². The number of fused-ring (bicyclic) bond motifs is 1. The van der Waals surface area contributed by atoms with Gasteiger partial charge in [-0.05, 0) is 46.6 Å². The van der Waals surface area contributed by atoms with Crippen LogP contribution < -0.4 is 15.4 Å². The second kappa shape index (κ2) is 5.89. The molecule has 3 rings (SSSR count). The summed E-state index contributed by atoms with van der Waals surface area (Å²) in [5, 5.41) is 0. The Hall–Kier alpha value is -1.46. The topological polar surface area (TPSA) is 51.6 Å². The van der Waals surface area contributed by atoms with E-state index in [4.69, 9.17) is 14.9 Å². The molecule has 20 heavy (non-hydrogen) atoms. The molecule has 0 fully saturated rings. The molecule has 0 saturated heterocycles. The van der Waals surface area contributed by atoms with Gasteiger partial charge in [-0.3, -0.25) is 0 Å². The van der Waals surface area contributed by atoms with Gasteiger partial charge in [-0.25, -0.2) is 0 Å². The number of halogens is 1. The molecule has 0 aliphatic carbocycles. The second-order valence-corrected chi connectivity index (χ2v) is 5.54. The zero-order valence-corrected chi connectivity index (χ0v) is 12.7. The zero-order valence-electron chi connectivity index (χ0n) is 11.1. The van der Waals surface area contributed by atoms with Gasteiger partial charge in [0.25, 0.3) is 0 Å². The highest BCUT2D eigenvalue weighted by Crippen LogP contribution is 2.36. The van der Waals surface area contributed by atoms with Crippen molar-refractivity contribution in [3.63, 3.8) is 0 Å². The first-order valence-electron chi connectivity index (χ1n) is 6.73. The maximum Gasteiger partial charge on any atom is 0.169 e. The third kappa shape index (κ3) is 2.55. The molecule has 2 aromatic rings. The van der Waals surface area contributed by atoms with Crippen LogP contribution >= 0.6 is 15.9 Å². The van der Waals surface area contributed by atoms with Crippen LogP contribution in [0.15, 0.2) is 45.5 Å². The van der Waals surface area contributed by atoms with E-state index < -0.39 is 0 Å². The molecule has 1 aromatic carbocycles. The molecule has 1 atom stereocenters. The summed E-state index contributed by atoms with van der Waals surface area (Å²) >= 11 is 3.35. The molecule has 2 N–H and O–H groups in total. The highest BCUT2D eigenvalue weighted by atomic mass is 79.9. The van der Waals surface area contributed by atoms with E-state index in [9.17, 15) is 0 Å². The van der Waals surface area contributed by atoms with Crippen LogP contribution in [0.1, 0.15) is 18.2 Å². The fraction of sp³-hybridized carbons (Fsp3) is 0.333. The zero-order chi connectivity index (χ0) is 13.9. The smallest absolute Gasteiger partial charge is 0.169 e. The van der Waals surface area contributed by atoms with Crippen molar-refractivity contribution in [3.8, 4) is 5.75 Å². The van der Waals surface area contributed by atoms with E-state index in [1.807, 2.05) is 30.3 Å². The van der Waals surface area contributed by atoms with E-state index in [0.717, 1.165) is 41.4 Å². The molecular formula is C15H17BrN2O2. The van der Waals surface area contributed by atoms with Gasteiger partial charge >= 0.3 is 0 Å². The van der Waals surface area contributed by atoms with Crippen molar-refractivity contribution < 1.29 is 9.15 Å². The van der Waals surface area contributed by atoms with Crippen LogP contribution in [0.25, 0.3) is 0 Å². The van der Waals surface area contributed by atoms with Gasteiger partial charge in [-0.15, -0.1) is 0 Å². The second-order valence-electron chi connectivity index (χ2n) is 4.76. The van der Waals surface area contributed by atoms with Crippen LogP contribution in [0, 0.1) is 0 Å². The summed E-state index contributed by atoms with van der Waals surface area (Å²) in [7, 11) is 0. The lowest BCUT2D eigenvalue weighted by Gasteiger charge is -2.30. The van der Waals surface area contributed by atoms with Crippen molar-refractivity contribution >= 4 is 21.6 Å². The van der Waals surface area contributed by atoms with Crippen molar-refractivity contribution in [2.24, 2.45) is 5.73 Å². The van der Waals surface area contributed by atoms with Crippen LogP contribution in [0.2, 0.25) is 0 Å². The third-order valence-corrected chi connectivity index (χ3v) is 3.92. The first-order valence-corrected chi connectivity index (χ1v) is 7.52. The average molecular weight is 337 g/mol. The Balaban J connectivity index is 1.99. The lowest BCUT2D eigenvalue weighted by molar-refractivity contribution is 0.322. The molecule has 1 unspecified atom stereocenters. The van der Waals surface area contributed by atoms with Gasteiger partial charge in [0.15, 0.2) is 4.67 Å². The minimum Gasteiger partial charge on any atom is -0.491 e. The number of nitrogens with zero attached hydrogens (tertiary/aromatic N) is 1. The maximum absolute atomic E-state index is 6.00. The Morgan fingerprint density at radius 1 is 1.25 bits per heavy atom. The molecule has 0 spiro atoms. The number of ether oxygens (including phenoxy) is 1. The average Bonchev–Trinajstić information content (AvgIpc) is 2.78. The summed E-state index contributed by atoms with van der Waals surface area (Å²) in [5.41, 5.74) is 7.07. The number of furan rings is 1. The monoisotopic (exact) mass is 336 g/mol. The molecule has 0 saturated carbocycles. The van der Waals surface area contributed by atoms with Crippen LogP contribution in [0.5, 0.6) is 5.75 Å². The first-order chi connectivity index (χ1) is 9.79. The number of anilines is 1. The molecule has 0 amide bonds. The molecular weight excluding hydrogens is 320 g/mol. The largest absolute Gasteiger partial charge is 0.491 e. The quantitative estimate of drug-likeness (QED) is 0.933. The molecule has 1 aliphatic heterocycles. The fourth-order valence-corrected chi connectivity index (χ4v) is 2.90. The van der Waals surface area contributed by atoms with E-state index >= 15 is 0 Å². The fourth-order valence-electron chi connectivity index (χ4n) is 2.58. The van der Waals surface area contributed by atoms with Gasteiger partial charge in [0.1, 0.15) is 11.5 Å². The third-order valence-electron chi connectivity index (χ3n) is 3.50. The van der Waals surface area contributed by atoms with Crippen molar-refractivity contribution in [1.29, 1.82) is 0 Å². The SMILES string of the molecule is NCC(c1ccc(Br)o1)N1CCCOc2ccccc21. The lowest BCUT2D eigenvalue weighted by atomic mass is 10.1. The summed E-state index contributed by atoms with van der Waals surface area (Å²) in [6, 6.07) is 12.0. The van der Waals surface area contributed by atoms with Gasteiger partial charge in [0, 0.05) is 13.1 Å². The highest BCUT2D eigenvalue weighted by molar-refractivity contribution is 9.10. The van der Waals surface area contributed by atoms with Gasteiger partial charge in [0.2, 0.25) is 0 Å². The Morgan fingerprint density at radius 2 is 2.10 bits per heavy atom. The van der Waals surface area contributed by atoms with Crippen molar-refractivity contribution in [1.82, 2.24) is 0 Å². The van der Waals surface area contributed by atoms with E-state index in [1.54, 1.807) is 0 Å². The van der Waals surface area contributed by atoms with Crippen LogP contribution in [0.3, 0.4) is 0 Å². The number of hydrogen-bond donors (Lipinski definition) is 1. The van der Waals surface area contributed by atoms with Crippen LogP contribution in [0.4, 0.5) is 5.69 Å².